The van der Waals surface area contributed by atoms with Crippen molar-refractivity contribution < 1.29 is 32.2 Å². The molecule has 2 aliphatic heterocycles. The highest BCUT2D eigenvalue weighted by atomic mass is 32.2. The molecule has 12 heteroatoms. The van der Waals surface area contributed by atoms with Crippen LogP contribution in [0.2, 0.25) is 0 Å². The maximum absolute atomic E-state index is 12.7. The molecule has 200 valence electrons. The van der Waals surface area contributed by atoms with Crippen molar-refractivity contribution in [2.75, 3.05) is 7.11 Å². The first-order valence-electron chi connectivity index (χ1n) is 12.5. The fourth-order valence-electron chi connectivity index (χ4n) is 4.92. The van der Waals surface area contributed by atoms with Gasteiger partial charge in [-0.3, -0.25) is 0 Å². The van der Waals surface area contributed by atoms with Gasteiger partial charge >= 0.3 is 6.09 Å². The normalized spacial score (nSPS) is 23.5. The van der Waals surface area contributed by atoms with Crippen molar-refractivity contribution >= 4 is 15.9 Å². The second-order valence-electron chi connectivity index (χ2n) is 10.7. The van der Waals surface area contributed by atoms with E-state index in [0.717, 1.165) is 12.8 Å². The lowest BCUT2D eigenvalue weighted by atomic mass is 10.0. The number of rotatable bonds is 7. The number of fused-ring (bicyclic) bond motifs is 2. The number of aromatic nitrogens is 3. The summed E-state index contributed by atoms with van der Waals surface area (Å²) in [5.41, 5.74) is -0.546. The molecule has 0 spiro atoms. The third-order valence-corrected chi connectivity index (χ3v) is 8.87. The fraction of sp³-hybridized carbons (Fsp3) is 0.600. The number of carbonyl (C=O) groups is 1. The Kier molecular flexibility index (Phi) is 6.63. The van der Waals surface area contributed by atoms with Gasteiger partial charge in [0.15, 0.2) is 14.9 Å². The largest absolute Gasteiger partial charge is 0.487 e. The van der Waals surface area contributed by atoms with Gasteiger partial charge in [0.25, 0.3) is 11.8 Å². The predicted molar refractivity (Wildman–Crippen MR) is 132 cm³/mol. The van der Waals surface area contributed by atoms with E-state index >= 15 is 0 Å². The van der Waals surface area contributed by atoms with Gasteiger partial charge < -0.3 is 23.8 Å². The van der Waals surface area contributed by atoms with Crippen LogP contribution in [0.5, 0.6) is 23.3 Å². The standard InChI is InChI=1S/C25H32N4O7S/c1-25(2,3)36-24(30)29-15-5-6-16(29)12-18(11-15)35-23-21(33-4)22(27-14-28-23)34-17-7-10-20(26-13-17)37(31,32)19-8-9-19/h7,10,13-16,18-19H,5-6,8-9,11-12H2,1-4H3/t15-,16?,18+/m0/s1. The number of hydrogen-bond donors (Lipinski definition) is 0. The zero-order chi connectivity index (χ0) is 26.4. The number of pyridine rings is 1. The maximum atomic E-state index is 12.7. The molecule has 2 saturated heterocycles. The summed E-state index contributed by atoms with van der Waals surface area (Å²) in [5.74, 6) is 0.894. The molecule has 0 N–H and O–H groups in total. The van der Waals surface area contributed by atoms with E-state index in [1.165, 1.54) is 31.8 Å². The molecule has 1 aliphatic carbocycles. The van der Waals surface area contributed by atoms with Crippen LogP contribution in [0.3, 0.4) is 0 Å². The number of piperidine rings is 1. The third-order valence-electron chi connectivity index (χ3n) is 6.69. The minimum absolute atomic E-state index is 0.0355. The second kappa shape index (κ2) is 9.62. The summed E-state index contributed by atoms with van der Waals surface area (Å²) >= 11 is 0. The average Bonchev–Trinajstić information content (AvgIpc) is 3.65. The molecular formula is C25H32N4O7S. The Morgan fingerprint density at radius 3 is 2.24 bits per heavy atom. The Labute approximate surface area is 216 Å². The van der Waals surface area contributed by atoms with Crippen LogP contribution in [-0.4, -0.2) is 70.5 Å². The van der Waals surface area contributed by atoms with E-state index in [9.17, 15) is 13.2 Å². The molecule has 1 amide bonds. The first kappa shape index (κ1) is 25.5. The van der Waals surface area contributed by atoms with Gasteiger partial charge in [0, 0.05) is 24.9 Å². The Hall–Kier alpha value is -3.15. The number of amides is 1. The minimum atomic E-state index is -3.38. The summed E-state index contributed by atoms with van der Waals surface area (Å²) in [5, 5.41) is -0.298. The number of methoxy groups -OCH3 is 1. The minimum Gasteiger partial charge on any atom is -0.487 e. The molecule has 2 bridgehead atoms. The Morgan fingerprint density at radius 1 is 1.00 bits per heavy atom. The van der Waals surface area contributed by atoms with E-state index in [-0.39, 0.29) is 52.1 Å². The summed E-state index contributed by atoms with van der Waals surface area (Å²) in [6.07, 6.45) is 6.67. The van der Waals surface area contributed by atoms with Crippen molar-refractivity contribution in [1.82, 2.24) is 19.9 Å². The van der Waals surface area contributed by atoms with Crippen LogP contribution in [0.4, 0.5) is 4.79 Å². The highest BCUT2D eigenvalue weighted by Crippen LogP contribution is 2.41. The van der Waals surface area contributed by atoms with Crippen molar-refractivity contribution in [2.24, 2.45) is 0 Å². The van der Waals surface area contributed by atoms with Crippen LogP contribution in [0.1, 0.15) is 59.3 Å². The Morgan fingerprint density at radius 2 is 1.68 bits per heavy atom. The maximum Gasteiger partial charge on any atom is 0.410 e. The second-order valence-corrected chi connectivity index (χ2v) is 12.9. The Balaban J connectivity index is 1.27. The first-order chi connectivity index (χ1) is 17.5. The van der Waals surface area contributed by atoms with Crippen molar-refractivity contribution in [3.63, 3.8) is 0 Å². The summed E-state index contributed by atoms with van der Waals surface area (Å²) in [6.45, 7) is 5.60. The number of nitrogens with zero attached hydrogens (tertiary/aromatic N) is 4. The lowest BCUT2D eigenvalue weighted by Gasteiger charge is -2.39. The zero-order valence-electron chi connectivity index (χ0n) is 21.4. The average molecular weight is 533 g/mol. The highest BCUT2D eigenvalue weighted by Gasteiger charge is 2.46. The van der Waals surface area contributed by atoms with Gasteiger partial charge in [-0.15, -0.1) is 0 Å². The quantitative estimate of drug-likeness (QED) is 0.517. The molecule has 3 atom stereocenters. The number of ether oxygens (including phenoxy) is 4. The van der Waals surface area contributed by atoms with Crippen molar-refractivity contribution in [2.45, 2.75) is 93.4 Å². The van der Waals surface area contributed by atoms with Crippen LogP contribution in [0, 0.1) is 0 Å². The molecule has 1 saturated carbocycles. The van der Waals surface area contributed by atoms with Crippen molar-refractivity contribution in [1.29, 1.82) is 0 Å². The molecule has 2 aromatic heterocycles. The smallest absolute Gasteiger partial charge is 0.410 e. The van der Waals surface area contributed by atoms with E-state index in [4.69, 9.17) is 18.9 Å². The molecule has 11 nitrogen and oxygen atoms in total. The molecule has 1 unspecified atom stereocenters. The fourth-order valence-corrected chi connectivity index (χ4v) is 6.48. The van der Waals surface area contributed by atoms with E-state index in [0.29, 0.717) is 31.4 Å². The van der Waals surface area contributed by atoms with E-state index in [2.05, 4.69) is 15.0 Å². The lowest BCUT2D eigenvalue weighted by molar-refractivity contribution is -0.00797. The van der Waals surface area contributed by atoms with Crippen LogP contribution in [0.25, 0.3) is 0 Å². The zero-order valence-corrected chi connectivity index (χ0v) is 22.2. The third kappa shape index (κ3) is 5.43. The monoisotopic (exact) mass is 532 g/mol. The van der Waals surface area contributed by atoms with E-state index < -0.39 is 15.4 Å². The molecule has 2 aromatic rings. The van der Waals surface area contributed by atoms with Gasteiger partial charge in [-0.05, 0) is 58.6 Å². The molecule has 0 radical (unpaired) electrons. The molecule has 0 aromatic carbocycles. The lowest BCUT2D eigenvalue weighted by Crippen LogP contribution is -2.50. The topological polar surface area (TPSA) is 130 Å². The van der Waals surface area contributed by atoms with E-state index in [1.54, 1.807) is 0 Å². The number of sulfone groups is 1. The van der Waals surface area contributed by atoms with Crippen LogP contribution in [-0.2, 0) is 14.6 Å². The van der Waals surface area contributed by atoms with Gasteiger partial charge in [-0.25, -0.2) is 18.2 Å². The number of carbonyl (C=O) groups excluding carboxylic acids is 1. The SMILES string of the molecule is COc1c(Oc2ccc(S(=O)(=O)C3CC3)nc2)ncnc1O[C@H]1CC2CC[C@@H](C1)N2C(=O)OC(C)(C)C. The van der Waals surface area contributed by atoms with Crippen LogP contribution in [0.15, 0.2) is 29.7 Å². The van der Waals surface area contributed by atoms with E-state index in [1.807, 2.05) is 25.7 Å². The molecule has 3 fully saturated rings. The number of hydrogen-bond acceptors (Lipinski definition) is 10. The molecular weight excluding hydrogens is 500 g/mol. The highest BCUT2D eigenvalue weighted by molar-refractivity contribution is 7.92. The van der Waals surface area contributed by atoms with Gasteiger partial charge in [0.2, 0.25) is 5.75 Å². The molecule has 4 heterocycles. The van der Waals surface area contributed by atoms with Gasteiger partial charge in [-0.1, -0.05) is 0 Å². The molecule has 5 rings (SSSR count). The summed E-state index contributed by atoms with van der Waals surface area (Å²) in [7, 11) is -1.91. The predicted octanol–water partition coefficient (Wildman–Crippen LogP) is 3.92. The van der Waals surface area contributed by atoms with Crippen LogP contribution >= 0.6 is 0 Å². The van der Waals surface area contributed by atoms with Crippen LogP contribution < -0.4 is 14.2 Å². The van der Waals surface area contributed by atoms with Gasteiger partial charge in [-0.2, -0.15) is 9.97 Å². The van der Waals surface area contributed by atoms with Crippen molar-refractivity contribution in [3.05, 3.63) is 24.7 Å². The molecule has 3 aliphatic rings. The van der Waals surface area contributed by atoms with Gasteiger partial charge in [0.05, 0.1) is 18.6 Å². The van der Waals surface area contributed by atoms with Crippen molar-refractivity contribution in [3.8, 4) is 23.3 Å². The van der Waals surface area contributed by atoms with Gasteiger partial charge in [0.1, 0.15) is 23.8 Å². The molecule has 37 heavy (non-hydrogen) atoms. The summed E-state index contributed by atoms with van der Waals surface area (Å²) in [4.78, 5) is 27.1. The summed E-state index contributed by atoms with van der Waals surface area (Å²) in [6, 6.07) is 3.05. The summed E-state index contributed by atoms with van der Waals surface area (Å²) < 4.78 is 48.0. The Bertz CT molecular complexity index is 1240. The first-order valence-corrected chi connectivity index (χ1v) is 14.0.